The Kier molecular flexibility index (Phi) is 5.62. The number of hydrogen-bond donors (Lipinski definition) is 1. The van der Waals surface area contributed by atoms with Crippen LogP contribution in [0.3, 0.4) is 0 Å². The third kappa shape index (κ3) is 4.04. The van der Waals surface area contributed by atoms with Gasteiger partial charge in [-0.25, -0.2) is 4.79 Å². The Morgan fingerprint density at radius 3 is 2.82 bits per heavy atom. The maximum atomic E-state index is 11.5. The Bertz CT molecular complexity index is 993. The van der Waals surface area contributed by atoms with Crippen molar-refractivity contribution < 1.29 is 9.90 Å². The number of carboxylic acid groups (broad SMARTS) is 1. The van der Waals surface area contributed by atoms with E-state index < -0.39 is 5.97 Å². The molecule has 1 aliphatic carbocycles. The molecule has 146 valence electrons. The highest BCUT2D eigenvalue weighted by Crippen LogP contribution is 2.29. The van der Waals surface area contributed by atoms with Crippen molar-refractivity contribution in [3.8, 4) is 0 Å². The molecule has 1 N–H and O–H groups in total. The molecule has 6 heteroatoms. The van der Waals surface area contributed by atoms with E-state index in [2.05, 4.69) is 9.67 Å². The van der Waals surface area contributed by atoms with E-state index >= 15 is 0 Å². The van der Waals surface area contributed by atoms with E-state index in [9.17, 15) is 9.90 Å². The number of hydrogen-bond acceptors (Lipinski definition) is 3. The number of carboxylic acids is 1. The van der Waals surface area contributed by atoms with Crippen molar-refractivity contribution in [1.29, 1.82) is 0 Å². The van der Waals surface area contributed by atoms with Gasteiger partial charge in [0.2, 0.25) is 0 Å². The van der Waals surface area contributed by atoms with Crippen molar-refractivity contribution in [2.24, 2.45) is 5.92 Å². The number of aryl methyl sites for hydroxylation is 1. The van der Waals surface area contributed by atoms with Crippen LogP contribution < -0.4 is 0 Å². The van der Waals surface area contributed by atoms with Gasteiger partial charge in [-0.3, -0.25) is 9.67 Å². The van der Waals surface area contributed by atoms with E-state index in [4.69, 9.17) is 16.7 Å². The normalized spacial score (nSPS) is 15.2. The average Bonchev–Trinajstić information content (AvgIpc) is 3.04. The summed E-state index contributed by atoms with van der Waals surface area (Å²) in [6.45, 7) is 0.877. The first-order valence-corrected chi connectivity index (χ1v) is 10.3. The van der Waals surface area contributed by atoms with Crippen molar-refractivity contribution in [3.05, 3.63) is 58.5 Å². The minimum Gasteiger partial charge on any atom is -0.478 e. The molecule has 2 aromatic heterocycles. The quantitative estimate of drug-likeness (QED) is 0.609. The molecule has 0 radical (unpaired) electrons. The maximum Gasteiger partial charge on any atom is 0.336 e. The summed E-state index contributed by atoms with van der Waals surface area (Å²) >= 11 is 6.24. The van der Waals surface area contributed by atoms with Gasteiger partial charge in [0.15, 0.2) is 0 Å². The molecule has 4 rings (SSSR count). The largest absolute Gasteiger partial charge is 0.478 e. The highest BCUT2D eigenvalue weighted by atomic mass is 35.5. The van der Waals surface area contributed by atoms with Crippen LogP contribution in [0.5, 0.6) is 0 Å². The lowest BCUT2D eigenvalue weighted by molar-refractivity contribution is 0.0695. The van der Waals surface area contributed by atoms with Crippen LogP contribution in [0.25, 0.3) is 10.9 Å². The Morgan fingerprint density at radius 1 is 1.21 bits per heavy atom. The van der Waals surface area contributed by atoms with Crippen LogP contribution >= 0.6 is 11.6 Å². The van der Waals surface area contributed by atoms with E-state index in [1.165, 1.54) is 44.4 Å². The third-order valence-corrected chi connectivity index (χ3v) is 5.99. The minimum atomic E-state index is -0.948. The zero-order valence-corrected chi connectivity index (χ0v) is 16.5. The monoisotopic (exact) mass is 397 g/mol. The van der Waals surface area contributed by atoms with E-state index in [1.54, 1.807) is 6.20 Å². The minimum absolute atomic E-state index is 0.266. The number of aromatic carboxylic acids is 1. The van der Waals surface area contributed by atoms with Crippen molar-refractivity contribution in [2.75, 3.05) is 0 Å². The number of halogens is 1. The maximum absolute atomic E-state index is 11.5. The first-order valence-electron chi connectivity index (χ1n) is 9.93. The lowest BCUT2D eigenvalue weighted by Gasteiger charge is -2.21. The number of carbonyl (C=O) groups is 1. The highest BCUT2D eigenvalue weighted by Gasteiger charge is 2.18. The van der Waals surface area contributed by atoms with Crippen LogP contribution in [0.4, 0.5) is 0 Å². The number of aromatic nitrogens is 3. The summed E-state index contributed by atoms with van der Waals surface area (Å²) in [7, 11) is 0. The summed E-state index contributed by atoms with van der Waals surface area (Å²) < 4.78 is 2.06. The Labute approximate surface area is 169 Å². The van der Waals surface area contributed by atoms with Crippen LogP contribution in [0.1, 0.15) is 60.1 Å². The summed E-state index contributed by atoms with van der Waals surface area (Å²) in [6.07, 6.45) is 11.3. The Morgan fingerprint density at radius 2 is 2.04 bits per heavy atom. The molecule has 2 heterocycles. The zero-order valence-electron chi connectivity index (χ0n) is 15.8. The van der Waals surface area contributed by atoms with Crippen LogP contribution in [0, 0.1) is 5.92 Å². The second-order valence-electron chi connectivity index (χ2n) is 7.64. The lowest BCUT2D eigenvalue weighted by atomic mass is 9.87. The molecular weight excluding hydrogens is 374 g/mol. The summed E-state index contributed by atoms with van der Waals surface area (Å²) in [6, 6.07) is 7.36. The molecule has 0 spiro atoms. The molecule has 0 unspecified atom stereocenters. The van der Waals surface area contributed by atoms with E-state index in [1.807, 2.05) is 18.2 Å². The second kappa shape index (κ2) is 8.31. The Balaban J connectivity index is 1.64. The SMILES string of the molecule is O=C(O)c1ccncc1Cc1nn(CCC2CCCCC2)c2ccc(Cl)cc12. The molecule has 5 nitrogen and oxygen atoms in total. The zero-order chi connectivity index (χ0) is 19.5. The standard InChI is InChI=1S/C22H24ClN3O2/c23-17-6-7-21-19(13-17)20(12-16-14-24-10-8-18(16)22(27)28)25-26(21)11-9-15-4-2-1-3-5-15/h6-8,10,13-15H,1-5,9,11-12H2,(H,27,28). The van der Waals surface area contributed by atoms with Crippen LogP contribution in [-0.2, 0) is 13.0 Å². The van der Waals surface area contributed by atoms with Gasteiger partial charge in [-0.2, -0.15) is 5.10 Å². The van der Waals surface area contributed by atoms with Crippen LogP contribution in [0.15, 0.2) is 36.7 Å². The topological polar surface area (TPSA) is 68.0 Å². The first-order chi connectivity index (χ1) is 13.6. The Hall–Kier alpha value is -2.40. The van der Waals surface area contributed by atoms with Crippen molar-refractivity contribution in [2.45, 2.75) is 51.5 Å². The molecule has 3 aromatic rings. The predicted octanol–water partition coefficient (Wildman–Crippen LogP) is 5.34. The predicted molar refractivity (Wildman–Crippen MR) is 110 cm³/mol. The van der Waals surface area contributed by atoms with Gasteiger partial charge in [0.1, 0.15) is 0 Å². The van der Waals surface area contributed by atoms with Gasteiger partial charge in [-0.05, 0) is 42.2 Å². The molecular formula is C22H24ClN3O2. The van der Waals surface area contributed by atoms with E-state index in [0.29, 0.717) is 17.0 Å². The first kappa shape index (κ1) is 18.9. The number of fused-ring (bicyclic) bond motifs is 1. The lowest BCUT2D eigenvalue weighted by Crippen LogP contribution is -2.11. The van der Waals surface area contributed by atoms with Gasteiger partial charge in [0.05, 0.1) is 16.8 Å². The van der Waals surface area contributed by atoms with E-state index in [-0.39, 0.29) is 5.56 Å². The molecule has 0 amide bonds. The van der Waals surface area contributed by atoms with Crippen LogP contribution in [-0.4, -0.2) is 25.8 Å². The number of benzene rings is 1. The number of nitrogens with zero attached hydrogens (tertiary/aromatic N) is 3. The number of pyridine rings is 1. The van der Waals surface area contributed by atoms with Gasteiger partial charge in [0.25, 0.3) is 0 Å². The van der Waals surface area contributed by atoms with Gasteiger partial charge >= 0.3 is 5.97 Å². The molecule has 0 atom stereocenters. The molecule has 1 aliphatic rings. The van der Waals surface area contributed by atoms with Crippen molar-refractivity contribution >= 4 is 28.5 Å². The molecule has 0 bridgehead atoms. The molecule has 28 heavy (non-hydrogen) atoms. The molecule has 0 aliphatic heterocycles. The second-order valence-corrected chi connectivity index (χ2v) is 8.08. The summed E-state index contributed by atoms with van der Waals surface area (Å²) in [5.41, 5.74) is 2.82. The number of rotatable bonds is 6. The van der Waals surface area contributed by atoms with Gasteiger partial charge in [-0.1, -0.05) is 43.7 Å². The highest BCUT2D eigenvalue weighted by molar-refractivity contribution is 6.31. The smallest absolute Gasteiger partial charge is 0.336 e. The van der Waals surface area contributed by atoms with Gasteiger partial charge in [0, 0.05) is 35.8 Å². The summed E-state index contributed by atoms with van der Waals surface area (Å²) in [4.78, 5) is 15.6. The average molecular weight is 398 g/mol. The molecule has 0 saturated heterocycles. The third-order valence-electron chi connectivity index (χ3n) is 5.75. The molecule has 1 saturated carbocycles. The molecule has 1 fully saturated rings. The van der Waals surface area contributed by atoms with Gasteiger partial charge in [-0.15, -0.1) is 0 Å². The fourth-order valence-electron chi connectivity index (χ4n) is 4.26. The molecule has 1 aromatic carbocycles. The summed E-state index contributed by atoms with van der Waals surface area (Å²) in [5, 5.41) is 15.9. The summed E-state index contributed by atoms with van der Waals surface area (Å²) in [5.74, 6) is -0.169. The van der Waals surface area contributed by atoms with Gasteiger partial charge < -0.3 is 5.11 Å². The van der Waals surface area contributed by atoms with E-state index in [0.717, 1.165) is 35.5 Å². The van der Waals surface area contributed by atoms with Crippen molar-refractivity contribution in [1.82, 2.24) is 14.8 Å². The van der Waals surface area contributed by atoms with Crippen LogP contribution in [0.2, 0.25) is 5.02 Å². The fraction of sp³-hybridized carbons (Fsp3) is 0.409. The fourth-order valence-corrected chi connectivity index (χ4v) is 4.43. The van der Waals surface area contributed by atoms with Crippen molar-refractivity contribution in [3.63, 3.8) is 0 Å².